The predicted octanol–water partition coefficient (Wildman–Crippen LogP) is 4.25. The molecule has 1 aliphatic heterocycles. The number of carbonyl (C=O) groups is 1. The number of anilines is 1. The predicted molar refractivity (Wildman–Crippen MR) is 102 cm³/mol. The van der Waals surface area contributed by atoms with Crippen molar-refractivity contribution < 1.29 is 9.53 Å². The maximum absolute atomic E-state index is 12.1. The number of hydrogen-bond donors (Lipinski definition) is 2. The number of amides is 1. The average Bonchev–Trinajstić information content (AvgIpc) is 3.19. The van der Waals surface area contributed by atoms with Crippen molar-refractivity contribution in [3.05, 3.63) is 53.9 Å². The van der Waals surface area contributed by atoms with E-state index in [4.69, 9.17) is 4.74 Å². The second-order valence-corrected chi connectivity index (χ2v) is 6.85. The number of carbonyl (C=O) groups excluding carboxylic acids is 1. The Labute approximate surface area is 152 Å². The standard InChI is InChI=1S/C20H22N4O2/c1-13-5-3-6-15(9-13)26-20(25)23-19-11-16-14(12-21-19)10-17(22-16)18-7-4-8-24(18)2/h3,5-6,9-12,18,22H,4,7-8H2,1-2H3,(H,21,23,25). The molecule has 26 heavy (non-hydrogen) atoms. The molecule has 0 aliphatic carbocycles. The van der Waals surface area contributed by atoms with Crippen LogP contribution in [0.1, 0.15) is 30.1 Å². The number of hydrogen-bond acceptors (Lipinski definition) is 4. The maximum atomic E-state index is 12.1. The zero-order valence-electron chi connectivity index (χ0n) is 15.0. The molecule has 0 saturated carbocycles. The highest BCUT2D eigenvalue weighted by Gasteiger charge is 2.24. The molecule has 134 valence electrons. The zero-order valence-corrected chi connectivity index (χ0v) is 15.0. The Morgan fingerprint density at radius 1 is 1.35 bits per heavy atom. The highest BCUT2D eigenvalue weighted by molar-refractivity contribution is 5.89. The number of pyridine rings is 1. The van der Waals surface area contributed by atoms with Crippen LogP contribution in [0, 0.1) is 6.92 Å². The topological polar surface area (TPSA) is 70.2 Å². The monoisotopic (exact) mass is 350 g/mol. The van der Waals surface area contributed by atoms with Crippen LogP contribution in [0.15, 0.2) is 42.6 Å². The van der Waals surface area contributed by atoms with E-state index in [2.05, 4.69) is 33.3 Å². The first-order valence-corrected chi connectivity index (χ1v) is 8.83. The van der Waals surface area contributed by atoms with Gasteiger partial charge in [0.1, 0.15) is 11.6 Å². The third-order valence-electron chi connectivity index (χ3n) is 4.83. The van der Waals surface area contributed by atoms with E-state index in [1.807, 2.05) is 31.2 Å². The van der Waals surface area contributed by atoms with Gasteiger partial charge in [-0.1, -0.05) is 12.1 Å². The molecule has 0 radical (unpaired) electrons. The molecule has 2 N–H and O–H groups in total. The summed E-state index contributed by atoms with van der Waals surface area (Å²) in [6, 6.07) is 11.8. The first-order chi connectivity index (χ1) is 12.6. The maximum Gasteiger partial charge on any atom is 0.418 e. The molecule has 0 spiro atoms. The van der Waals surface area contributed by atoms with Crippen molar-refractivity contribution in [3.8, 4) is 5.75 Å². The summed E-state index contributed by atoms with van der Waals surface area (Å²) in [6.45, 7) is 3.07. The number of aromatic nitrogens is 2. The normalized spacial score (nSPS) is 17.5. The number of benzene rings is 1. The fraction of sp³-hybridized carbons (Fsp3) is 0.300. The number of ether oxygens (including phenoxy) is 1. The second kappa shape index (κ2) is 6.80. The Morgan fingerprint density at radius 2 is 2.23 bits per heavy atom. The van der Waals surface area contributed by atoms with Crippen molar-refractivity contribution in [2.24, 2.45) is 0 Å². The van der Waals surface area contributed by atoms with Crippen molar-refractivity contribution in [2.45, 2.75) is 25.8 Å². The van der Waals surface area contributed by atoms with Crippen molar-refractivity contribution in [2.75, 3.05) is 18.9 Å². The summed E-state index contributed by atoms with van der Waals surface area (Å²) >= 11 is 0. The largest absolute Gasteiger partial charge is 0.418 e. The molecule has 1 unspecified atom stereocenters. The summed E-state index contributed by atoms with van der Waals surface area (Å²) in [5.41, 5.74) is 3.19. The highest BCUT2D eigenvalue weighted by atomic mass is 16.6. The van der Waals surface area contributed by atoms with Gasteiger partial charge in [-0.2, -0.15) is 0 Å². The van der Waals surface area contributed by atoms with E-state index in [1.165, 1.54) is 12.1 Å². The van der Waals surface area contributed by atoms with Gasteiger partial charge in [0.05, 0.1) is 5.52 Å². The van der Waals surface area contributed by atoms with E-state index in [1.54, 1.807) is 12.3 Å². The van der Waals surface area contributed by atoms with Gasteiger partial charge in [0.25, 0.3) is 0 Å². The number of fused-ring (bicyclic) bond motifs is 1. The van der Waals surface area contributed by atoms with Gasteiger partial charge in [-0.3, -0.25) is 10.2 Å². The van der Waals surface area contributed by atoms with Gasteiger partial charge in [-0.05, 0) is 57.1 Å². The van der Waals surface area contributed by atoms with Crippen molar-refractivity contribution in [1.82, 2.24) is 14.9 Å². The van der Waals surface area contributed by atoms with Crippen LogP contribution in [0.4, 0.5) is 10.6 Å². The Hall–Kier alpha value is -2.86. The van der Waals surface area contributed by atoms with Crippen LogP contribution in [-0.2, 0) is 0 Å². The number of aryl methyl sites for hydroxylation is 1. The zero-order chi connectivity index (χ0) is 18.1. The molecule has 1 aliphatic rings. The molecule has 3 aromatic rings. The van der Waals surface area contributed by atoms with Gasteiger partial charge in [-0.15, -0.1) is 0 Å². The van der Waals surface area contributed by atoms with Crippen LogP contribution < -0.4 is 10.1 Å². The van der Waals surface area contributed by atoms with Gasteiger partial charge in [0.15, 0.2) is 0 Å². The molecule has 1 fully saturated rings. The molecule has 0 bridgehead atoms. The first kappa shape index (κ1) is 16.6. The molecule has 1 amide bonds. The van der Waals surface area contributed by atoms with E-state index in [-0.39, 0.29) is 0 Å². The Bertz CT molecular complexity index is 950. The molecular formula is C20H22N4O2. The van der Waals surface area contributed by atoms with Crippen LogP contribution in [-0.4, -0.2) is 34.6 Å². The Balaban J connectivity index is 1.49. The molecule has 1 aromatic carbocycles. The minimum Gasteiger partial charge on any atom is -0.410 e. The molecule has 6 heteroatoms. The van der Waals surface area contributed by atoms with Gasteiger partial charge >= 0.3 is 6.09 Å². The summed E-state index contributed by atoms with van der Waals surface area (Å²) in [5, 5.41) is 3.73. The molecule has 1 saturated heterocycles. The minimum atomic E-state index is -0.551. The number of H-pyrrole nitrogens is 1. The number of rotatable bonds is 3. The van der Waals surface area contributed by atoms with Gasteiger partial charge in [0.2, 0.25) is 0 Å². The third kappa shape index (κ3) is 3.41. The molecule has 3 heterocycles. The van der Waals surface area contributed by atoms with Crippen molar-refractivity contribution >= 4 is 22.8 Å². The van der Waals surface area contributed by atoms with Gasteiger partial charge < -0.3 is 9.72 Å². The quantitative estimate of drug-likeness (QED) is 0.741. The number of likely N-dealkylation sites (tertiary alicyclic amines) is 1. The summed E-state index contributed by atoms with van der Waals surface area (Å²) in [7, 11) is 2.15. The van der Waals surface area contributed by atoms with Crippen LogP contribution in [0.2, 0.25) is 0 Å². The van der Waals surface area contributed by atoms with Crippen molar-refractivity contribution in [1.29, 1.82) is 0 Å². The lowest BCUT2D eigenvalue weighted by Crippen LogP contribution is -2.17. The van der Waals surface area contributed by atoms with Gasteiger partial charge in [-0.25, -0.2) is 9.78 Å². The fourth-order valence-electron chi connectivity index (χ4n) is 3.52. The lowest BCUT2D eigenvalue weighted by molar-refractivity contribution is 0.215. The lowest BCUT2D eigenvalue weighted by atomic mass is 10.1. The number of nitrogens with one attached hydrogen (secondary N) is 2. The van der Waals surface area contributed by atoms with Crippen LogP contribution in [0.25, 0.3) is 10.9 Å². The molecule has 4 rings (SSSR count). The molecule has 1 atom stereocenters. The van der Waals surface area contributed by atoms with Crippen molar-refractivity contribution in [3.63, 3.8) is 0 Å². The van der Waals surface area contributed by atoms with E-state index >= 15 is 0 Å². The number of nitrogens with zero attached hydrogens (tertiary/aromatic N) is 2. The summed E-state index contributed by atoms with van der Waals surface area (Å²) < 4.78 is 5.30. The van der Waals surface area contributed by atoms with Crippen LogP contribution in [0.5, 0.6) is 5.75 Å². The Kier molecular flexibility index (Phi) is 4.34. The second-order valence-electron chi connectivity index (χ2n) is 6.85. The van der Waals surface area contributed by atoms with E-state index < -0.39 is 6.09 Å². The van der Waals surface area contributed by atoms with E-state index in [0.29, 0.717) is 17.6 Å². The number of aromatic amines is 1. The molecule has 6 nitrogen and oxygen atoms in total. The SMILES string of the molecule is Cc1cccc(OC(=O)Nc2cc3[nH]c(C4CCCN4C)cc3cn2)c1. The minimum absolute atomic E-state index is 0.421. The average molecular weight is 350 g/mol. The molecular weight excluding hydrogens is 328 g/mol. The molecule has 2 aromatic heterocycles. The summed E-state index contributed by atoms with van der Waals surface area (Å²) in [4.78, 5) is 22.2. The van der Waals surface area contributed by atoms with Gasteiger partial charge in [0, 0.05) is 29.4 Å². The highest BCUT2D eigenvalue weighted by Crippen LogP contribution is 2.32. The smallest absolute Gasteiger partial charge is 0.410 e. The Morgan fingerprint density at radius 3 is 3.00 bits per heavy atom. The fourth-order valence-corrected chi connectivity index (χ4v) is 3.52. The summed E-state index contributed by atoms with van der Waals surface area (Å²) in [5.74, 6) is 0.971. The van der Waals surface area contributed by atoms with Crippen LogP contribution in [0.3, 0.4) is 0 Å². The third-order valence-corrected chi connectivity index (χ3v) is 4.83. The lowest BCUT2D eigenvalue weighted by Gasteiger charge is -2.17. The van der Waals surface area contributed by atoms with E-state index in [0.717, 1.165) is 29.4 Å². The summed E-state index contributed by atoms with van der Waals surface area (Å²) in [6.07, 6.45) is 3.59. The first-order valence-electron chi connectivity index (χ1n) is 8.83. The van der Waals surface area contributed by atoms with E-state index in [9.17, 15) is 4.79 Å². The van der Waals surface area contributed by atoms with Crippen LogP contribution >= 0.6 is 0 Å².